The van der Waals surface area contributed by atoms with Crippen molar-refractivity contribution < 1.29 is 25.2 Å². The summed E-state index contributed by atoms with van der Waals surface area (Å²) in [6.07, 6.45) is 12.3. The fourth-order valence-electron chi connectivity index (χ4n) is 12.9. The van der Waals surface area contributed by atoms with Crippen molar-refractivity contribution >= 4 is 5.78 Å². The lowest BCUT2D eigenvalue weighted by Crippen LogP contribution is -2.70. The lowest BCUT2D eigenvalue weighted by atomic mass is 9.31. The van der Waals surface area contributed by atoms with E-state index in [-0.39, 0.29) is 51.8 Å². The summed E-state index contributed by atoms with van der Waals surface area (Å²) < 4.78 is 0. The Balaban J connectivity index is 1.42. The highest BCUT2D eigenvalue weighted by Gasteiger charge is 2.75. The van der Waals surface area contributed by atoms with Crippen molar-refractivity contribution in [2.24, 2.45) is 50.2 Å². The summed E-state index contributed by atoms with van der Waals surface area (Å²) >= 11 is 0. The maximum Gasteiger partial charge on any atom is 0.159 e. The second-order valence-corrected chi connectivity index (χ2v) is 16.3. The third-order valence-electron chi connectivity index (χ3n) is 15.0. The molecule has 2 spiro atoms. The van der Waals surface area contributed by atoms with Crippen molar-refractivity contribution in [3.05, 3.63) is 11.6 Å². The highest BCUT2D eigenvalue weighted by molar-refractivity contribution is 5.96. The summed E-state index contributed by atoms with van der Waals surface area (Å²) in [6, 6.07) is 0. The molecule has 220 valence electrons. The second-order valence-electron chi connectivity index (χ2n) is 16.3. The number of ketones is 1. The lowest BCUT2D eigenvalue weighted by Gasteiger charge is -2.72. The quantitative estimate of drug-likeness (QED) is 0.347. The topological polar surface area (TPSA) is 98.0 Å². The van der Waals surface area contributed by atoms with Crippen LogP contribution in [-0.2, 0) is 4.79 Å². The maximum absolute atomic E-state index is 14.8. The van der Waals surface area contributed by atoms with Gasteiger partial charge in [-0.3, -0.25) is 4.79 Å². The molecule has 5 heteroatoms. The fourth-order valence-corrected chi connectivity index (χ4v) is 12.9. The molecule has 0 aromatic rings. The number of hydrogen-bond acceptors (Lipinski definition) is 5. The molecule has 0 amide bonds. The van der Waals surface area contributed by atoms with Gasteiger partial charge in [-0.15, -0.1) is 5.92 Å². The largest absolute Gasteiger partial charge is 0.396 e. The zero-order valence-electron chi connectivity index (χ0n) is 24.8. The Bertz CT molecular complexity index is 1200. The van der Waals surface area contributed by atoms with E-state index in [1.807, 2.05) is 6.08 Å². The van der Waals surface area contributed by atoms with Crippen LogP contribution in [0, 0.1) is 62.1 Å². The summed E-state index contributed by atoms with van der Waals surface area (Å²) in [5, 5.41) is 45.7. The Kier molecular flexibility index (Phi) is 6.00. The summed E-state index contributed by atoms with van der Waals surface area (Å²) in [4.78, 5) is 14.8. The van der Waals surface area contributed by atoms with E-state index in [1.165, 1.54) is 5.57 Å². The molecule has 12 unspecified atom stereocenters. The van der Waals surface area contributed by atoms with Gasteiger partial charge in [0.1, 0.15) is 6.10 Å². The average Bonchev–Trinajstić information content (AvgIpc) is 2.95. The molecule has 4 bridgehead atoms. The molecule has 0 aliphatic heterocycles. The Morgan fingerprint density at radius 1 is 0.900 bits per heavy atom. The van der Waals surface area contributed by atoms with Gasteiger partial charge in [0.15, 0.2) is 5.78 Å². The number of allylic oxidation sites excluding steroid dienone is 2. The van der Waals surface area contributed by atoms with Gasteiger partial charge in [0, 0.05) is 23.2 Å². The number of carbonyl (C=O) groups is 1. The third-order valence-corrected chi connectivity index (χ3v) is 15.0. The van der Waals surface area contributed by atoms with Gasteiger partial charge in [0.25, 0.3) is 0 Å². The van der Waals surface area contributed by atoms with Gasteiger partial charge >= 0.3 is 0 Å². The molecule has 0 heterocycles. The molecule has 4 N–H and O–H groups in total. The zero-order valence-corrected chi connectivity index (χ0v) is 24.8. The first-order chi connectivity index (χ1) is 18.9. The first kappa shape index (κ1) is 27.6. The van der Waals surface area contributed by atoms with Crippen molar-refractivity contribution in [2.75, 3.05) is 6.61 Å². The van der Waals surface area contributed by atoms with Crippen molar-refractivity contribution in [2.45, 2.75) is 129 Å². The molecule has 0 aromatic heterocycles. The van der Waals surface area contributed by atoms with Crippen molar-refractivity contribution in [3.63, 3.8) is 0 Å². The molecule has 8 aliphatic rings. The van der Waals surface area contributed by atoms with E-state index >= 15 is 0 Å². The average molecular weight is 551 g/mol. The van der Waals surface area contributed by atoms with Crippen LogP contribution in [0.4, 0.5) is 0 Å². The number of aliphatic hydroxyl groups excluding tert-OH is 4. The van der Waals surface area contributed by atoms with Gasteiger partial charge in [-0.25, -0.2) is 0 Å². The van der Waals surface area contributed by atoms with Crippen molar-refractivity contribution in [1.82, 2.24) is 0 Å². The number of rotatable bonds is 1. The molecule has 0 aromatic carbocycles. The predicted molar refractivity (Wildman–Crippen MR) is 153 cm³/mol. The molecule has 12 atom stereocenters. The SMILES string of the molecule is CC12CCC#CC(O)C3(CC1)C(O)CC1(C)C(=CC(=O)C4C56CCCCC41CCC5C(C)(CO)C(O)CC6)C3C2. The minimum Gasteiger partial charge on any atom is -0.396 e. The maximum atomic E-state index is 14.8. The van der Waals surface area contributed by atoms with Crippen LogP contribution >= 0.6 is 0 Å². The Morgan fingerprint density at radius 2 is 1.68 bits per heavy atom. The predicted octanol–water partition coefficient (Wildman–Crippen LogP) is 4.94. The number of hydrogen-bond donors (Lipinski definition) is 4. The van der Waals surface area contributed by atoms with Gasteiger partial charge in [-0.05, 0) is 110 Å². The van der Waals surface area contributed by atoms with Crippen molar-refractivity contribution in [1.29, 1.82) is 0 Å². The number of fused-ring (bicyclic) bond motifs is 5. The monoisotopic (exact) mass is 550 g/mol. The Hall–Kier alpha value is -1.19. The smallest absolute Gasteiger partial charge is 0.159 e. The van der Waals surface area contributed by atoms with E-state index in [0.717, 1.165) is 77.0 Å². The van der Waals surface area contributed by atoms with E-state index in [2.05, 4.69) is 32.6 Å². The minimum atomic E-state index is -0.882. The molecular weight excluding hydrogens is 500 g/mol. The molecular formula is C35H50O5. The van der Waals surface area contributed by atoms with E-state index in [9.17, 15) is 25.2 Å². The van der Waals surface area contributed by atoms with Gasteiger partial charge in [0.2, 0.25) is 0 Å². The molecule has 8 aliphatic carbocycles. The molecule has 5 nitrogen and oxygen atoms in total. The molecule has 0 saturated heterocycles. The zero-order chi connectivity index (χ0) is 28.3. The summed E-state index contributed by atoms with van der Waals surface area (Å²) in [7, 11) is 0. The van der Waals surface area contributed by atoms with E-state index in [4.69, 9.17) is 0 Å². The van der Waals surface area contributed by atoms with E-state index in [1.54, 1.807) is 0 Å². The van der Waals surface area contributed by atoms with Gasteiger partial charge in [-0.2, -0.15) is 0 Å². The molecule has 40 heavy (non-hydrogen) atoms. The molecule has 8 rings (SSSR count). The van der Waals surface area contributed by atoms with Gasteiger partial charge in [-0.1, -0.05) is 45.1 Å². The first-order valence-corrected chi connectivity index (χ1v) is 16.3. The van der Waals surface area contributed by atoms with Crippen LogP contribution in [-0.4, -0.2) is 51.1 Å². The van der Waals surface area contributed by atoms with E-state index < -0.39 is 29.1 Å². The Labute approximate surface area is 240 Å². The Morgan fingerprint density at radius 3 is 2.45 bits per heavy atom. The highest BCUT2D eigenvalue weighted by atomic mass is 16.3. The van der Waals surface area contributed by atoms with Crippen LogP contribution in [0.1, 0.15) is 111 Å². The normalized spacial score (nSPS) is 56.9. The molecule has 0 radical (unpaired) electrons. The first-order valence-electron chi connectivity index (χ1n) is 16.3. The third kappa shape index (κ3) is 3.13. The molecule has 5 saturated carbocycles. The number of carbonyl (C=O) groups excluding carboxylic acids is 1. The minimum absolute atomic E-state index is 0.0468. The van der Waals surface area contributed by atoms with Crippen LogP contribution in [0.5, 0.6) is 0 Å². The standard InChI is InChI=1S/C35H50O5/c1-30-11-5-4-8-27(39)35(17-16-30)23(19-30)22-18-24(37)29-33-12-6-7-13-34(29,32(22,3)20-28(35)40)15-9-25(33)31(2,21-36)26(38)10-14-33/h18,23,25-29,36,38-40H,5-7,9-17,19-21H2,1-3H3. The second kappa shape index (κ2) is 8.68. The van der Waals surface area contributed by atoms with E-state index in [0.29, 0.717) is 12.8 Å². The van der Waals surface area contributed by atoms with Crippen LogP contribution in [0.2, 0.25) is 0 Å². The van der Waals surface area contributed by atoms with Crippen LogP contribution in [0.15, 0.2) is 11.6 Å². The summed E-state index contributed by atoms with van der Waals surface area (Å²) in [5.41, 5.74) is -0.787. The van der Waals surface area contributed by atoms with Crippen molar-refractivity contribution in [3.8, 4) is 11.8 Å². The fraction of sp³-hybridized carbons (Fsp3) is 0.857. The van der Waals surface area contributed by atoms with Gasteiger partial charge < -0.3 is 20.4 Å². The summed E-state index contributed by atoms with van der Waals surface area (Å²) in [6.45, 7) is 6.74. The highest BCUT2D eigenvalue weighted by Crippen LogP contribution is 2.78. The van der Waals surface area contributed by atoms with Crippen LogP contribution in [0.25, 0.3) is 0 Å². The number of aliphatic hydroxyl groups is 4. The van der Waals surface area contributed by atoms with Crippen LogP contribution in [0.3, 0.4) is 0 Å². The molecule has 5 fully saturated rings. The van der Waals surface area contributed by atoms with Crippen LogP contribution < -0.4 is 0 Å². The lowest BCUT2D eigenvalue weighted by molar-refractivity contribution is -0.233. The summed E-state index contributed by atoms with van der Waals surface area (Å²) in [5.74, 6) is 6.58. The van der Waals surface area contributed by atoms with Gasteiger partial charge in [0.05, 0.1) is 18.8 Å².